The monoisotopic (exact) mass is 262 g/mol. The zero-order valence-corrected chi connectivity index (χ0v) is 11.1. The van der Waals surface area contributed by atoms with Crippen LogP contribution >= 0.6 is 12.4 Å². The summed E-state index contributed by atoms with van der Waals surface area (Å²) in [5, 5.41) is 6.38. The van der Waals surface area contributed by atoms with Crippen LogP contribution in [0.25, 0.3) is 0 Å². The fraction of sp³-hybridized carbons (Fsp3) is 0.917. The number of rotatable bonds is 4. The third kappa shape index (κ3) is 5.23. The summed E-state index contributed by atoms with van der Waals surface area (Å²) in [6.45, 7) is 2.88. The van der Waals surface area contributed by atoms with Crippen molar-refractivity contribution in [2.24, 2.45) is 0 Å². The molecule has 2 rings (SSSR count). The molecule has 0 saturated carbocycles. The fourth-order valence-electron chi connectivity index (χ4n) is 2.44. The average molecular weight is 263 g/mol. The highest BCUT2D eigenvalue weighted by Crippen LogP contribution is 2.16. The number of ether oxygens (including phenoxy) is 1. The van der Waals surface area contributed by atoms with E-state index in [0.717, 1.165) is 51.8 Å². The summed E-state index contributed by atoms with van der Waals surface area (Å²) in [5.74, 6) is 0.184. The molecule has 2 fully saturated rings. The molecular formula is C12H23ClN2O2. The molecule has 0 bridgehead atoms. The van der Waals surface area contributed by atoms with Gasteiger partial charge in [-0.15, -0.1) is 12.4 Å². The molecule has 5 heteroatoms. The molecule has 17 heavy (non-hydrogen) atoms. The fourth-order valence-corrected chi connectivity index (χ4v) is 2.44. The molecule has 2 N–H and O–H groups in total. The summed E-state index contributed by atoms with van der Waals surface area (Å²) in [6, 6.07) is 0.339. The number of carbonyl (C=O) groups is 1. The van der Waals surface area contributed by atoms with E-state index >= 15 is 0 Å². The van der Waals surface area contributed by atoms with Crippen LogP contribution < -0.4 is 10.6 Å². The Balaban J connectivity index is 0.00000144. The van der Waals surface area contributed by atoms with Gasteiger partial charge in [0.2, 0.25) is 5.91 Å². The van der Waals surface area contributed by atoms with E-state index in [1.54, 1.807) is 0 Å². The first kappa shape index (κ1) is 14.7. The van der Waals surface area contributed by atoms with Gasteiger partial charge in [-0.3, -0.25) is 4.79 Å². The second-order valence-electron chi connectivity index (χ2n) is 4.78. The first-order chi connectivity index (χ1) is 7.84. The van der Waals surface area contributed by atoms with Gasteiger partial charge in [0.25, 0.3) is 0 Å². The molecule has 2 atom stereocenters. The highest BCUT2D eigenvalue weighted by Gasteiger charge is 2.19. The molecule has 0 spiro atoms. The maximum absolute atomic E-state index is 11.7. The van der Waals surface area contributed by atoms with E-state index in [-0.39, 0.29) is 18.3 Å². The Labute approximate surface area is 109 Å². The average Bonchev–Trinajstić information content (AvgIpc) is 2.81. The van der Waals surface area contributed by atoms with Crippen molar-refractivity contribution in [2.75, 3.05) is 19.7 Å². The second kappa shape index (κ2) is 7.90. The van der Waals surface area contributed by atoms with E-state index in [9.17, 15) is 4.79 Å². The number of carbonyl (C=O) groups excluding carboxylic acids is 1. The Hall–Kier alpha value is -0.320. The number of halogens is 1. The molecule has 2 unspecified atom stereocenters. The molecule has 2 heterocycles. The van der Waals surface area contributed by atoms with Crippen molar-refractivity contribution in [2.45, 2.75) is 50.7 Å². The van der Waals surface area contributed by atoms with Gasteiger partial charge in [-0.05, 0) is 38.6 Å². The summed E-state index contributed by atoms with van der Waals surface area (Å²) in [5.41, 5.74) is 0. The predicted molar refractivity (Wildman–Crippen MR) is 69.5 cm³/mol. The molecule has 4 nitrogen and oxygen atoms in total. The van der Waals surface area contributed by atoms with Gasteiger partial charge >= 0.3 is 0 Å². The third-order valence-electron chi connectivity index (χ3n) is 3.38. The number of nitrogens with one attached hydrogen (secondary N) is 2. The first-order valence-electron chi connectivity index (χ1n) is 6.46. The first-order valence-corrected chi connectivity index (χ1v) is 6.46. The van der Waals surface area contributed by atoms with Crippen molar-refractivity contribution in [3.05, 3.63) is 0 Å². The lowest BCUT2D eigenvalue weighted by atomic mass is 10.1. The van der Waals surface area contributed by atoms with Crippen LogP contribution in [0, 0.1) is 0 Å². The maximum Gasteiger partial charge on any atom is 0.220 e. The van der Waals surface area contributed by atoms with E-state index in [0.29, 0.717) is 18.6 Å². The van der Waals surface area contributed by atoms with Crippen LogP contribution in [0.5, 0.6) is 0 Å². The SMILES string of the molecule is Cl.O=C(CCC1CCCO1)NC1CCCNC1. The van der Waals surface area contributed by atoms with Crippen LogP contribution in [0.2, 0.25) is 0 Å². The topological polar surface area (TPSA) is 50.4 Å². The largest absolute Gasteiger partial charge is 0.378 e. The van der Waals surface area contributed by atoms with Gasteiger partial charge in [-0.25, -0.2) is 0 Å². The number of piperidine rings is 1. The molecule has 100 valence electrons. The van der Waals surface area contributed by atoms with E-state index < -0.39 is 0 Å². The summed E-state index contributed by atoms with van der Waals surface area (Å²) >= 11 is 0. The van der Waals surface area contributed by atoms with Crippen molar-refractivity contribution >= 4 is 18.3 Å². The molecule has 2 aliphatic heterocycles. The molecule has 0 aliphatic carbocycles. The zero-order chi connectivity index (χ0) is 11.2. The van der Waals surface area contributed by atoms with Gasteiger partial charge in [0.1, 0.15) is 0 Å². The standard InChI is InChI=1S/C12H22N2O2.ClH/c15-12(6-5-11-4-2-8-16-11)14-10-3-1-7-13-9-10;/h10-11,13H,1-9H2,(H,14,15);1H. The number of hydrogen-bond acceptors (Lipinski definition) is 3. The van der Waals surface area contributed by atoms with Crippen molar-refractivity contribution in [3.63, 3.8) is 0 Å². The van der Waals surface area contributed by atoms with E-state index in [4.69, 9.17) is 4.74 Å². The minimum Gasteiger partial charge on any atom is -0.378 e. The summed E-state index contributed by atoms with van der Waals surface area (Å²) in [7, 11) is 0. The normalized spacial score (nSPS) is 28.5. The lowest BCUT2D eigenvalue weighted by molar-refractivity contribution is -0.122. The highest BCUT2D eigenvalue weighted by molar-refractivity contribution is 5.85. The molecular weight excluding hydrogens is 240 g/mol. The highest BCUT2D eigenvalue weighted by atomic mass is 35.5. The van der Waals surface area contributed by atoms with Crippen LogP contribution in [0.15, 0.2) is 0 Å². The van der Waals surface area contributed by atoms with Crippen molar-refractivity contribution < 1.29 is 9.53 Å². The van der Waals surface area contributed by atoms with Gasteiger partial charge in [0.15, 0.2) is 0 Å². The predicted octanol–water partition coefficient (Wildman–Crippen LogP) is 1.24. The number of hydrogen-bond donors (Lipinski definition) is 2. The maximum atomic E-state index is 11.7. The lowest BCUT2D eigenvalue weighted by Gasteiger charge is -2.24. The lowest BCUT2D eigenvalue weighted by Crippen LogP contribution is -2.45. The molecule has 1 amide bonds. The Bertz CT molecular complexity index is 227. The molecule has 2 aliphatic rings. The molecule has 2 saturated heterocycles. The minimum absolute atomic E-state index is 0. The van der Waals surface area contributed by atoms with Crippen LogP contribution in [-0.2, 0) is 9.53 Å². The Morgan fingerprint density at radius 2 is 2.24 bits per heavy atom. The van der Waals surface area contributed by atoms with Gasteiger partial charge < -0.3 is 15.4 Å². The van der Waals surface area contributed by atoms with Crippen molar-refractivity contribution in [1.82, 2.24) is 10.6 Å². The summed E-state index contributed by atoms with van der Waals surface area (Å²) in [6.07, 6.45) is 6.37. The molecule has 0 aromatic rings. The zero-order valence-electron chi connectivity index (χ0n) is 10.2. The van der Waals surface area contributed by atoms with Crippen molar-refractivity contribution in [3.8, 4) is 0 Å². The van der Waals surface area contributed by atoms with Crippen LogP contribution in [0.4, 0.5) is 0 Å². The Morgan fingerprint density at radius 1 is 1.35 bits per heavy atom. The quantitative estimate of drug-likeness (QED) is 0.802. The minimum atomic E-state index is 0. The summed E-state index contributed by atoms with van der Waals surface area (Å²) in [4.78, 5) is 11.7. The van der Waals surface area contributed by atoms with Crippen molar-refractivity contribution in [1.29, 1.82) is 0 Å². The number of amides is 1. The smallest absolute Gasteiger partial charge is 0.220 e. The summed E-state index contributed by atoms with van der Waals surface area (Å²) < 4.78 is 5.50. The van der Waals surface area contributed by atoms with E-state index in [2.05, 4.69) is 10.6 Å². The van der Waals surface area contributed by atoms with E-state index in [1.807, 2.05) is 0 Å². The molecule has 0 radical (unpaired) electrons. The van der Waals surface area contributed by atoms with Gasteiger partial charge in [0.05, 0.1) is 6.10 Å². The third-order valence-corrected chi connectivity index (χ3v) is 3.38. The Morgan fingerprint density at radius 3 is 2.88 bits per heavy atom. The van der Waals surface area contributed by atoms with Crippen LogP contribution in [0.3, 0.4) is 0 Å². The van der Waals surface area contributed by atoms with Crippen LogP contribution in [-0.4, -0.2) is 37.7 Å². The molecule has 0 aromatic carbocycles. The molecule has 0 aromatic heterocycles. The second-order valence-corrected chi connectivity index (χ2v) is 4.78. The van der Waals surface area contributed by atoms with Gasteiger partial charge in [-0.2, -0.15) is 0 Å². The van der Waals surface area contributed by atoms with E-state index in [1.165, 1.54) is 0 Å². The van der Waals surface area contributed by atoms with Gasteiger partial charge in [-0.1, -0.05) is 0 Å². The van der Waals surface area contributed by atoms with Crippen LogP contribution in [0.1, 0.15) is 38.5 Å². The van der Waals surface area contributed by atoms with Gasteiger partial charge in [0, 0.05) is 25.6 Å². The Kier molecular flexibility index (Phi) is 6.85.